The van der Waals surface area contributed by atoms with Gasteiger partial charge in [-0.2, -0.15) is 0 Å². The Kier molecular flexibility index (Phi) is 4.33. The smallest absolute Gasteiger partial charge is 0.161 e. The zero-order chi connectivity index (χ0) is 15.7. The predicted molar refractivity (Wildman–Crippen MR) is 86.7 cm³/mol. The van der Waals surface area contributed by atoms with Gasteiger partial charge in [-0.1, -0.05) is 6.07 Å². The van der Waals surface area contributed by atoms with Crippen molar-refractivity contribution in [3.8, 4) is 11.5 Å². The number of aliphatic hydroxyl groups is 1. The van der Waals surface area contributed by atoms with Crippen LogP contribution in [0.5, 0.6) is 11.5 Å². The van der Waals surface area contributed by atoms with Crippen LogP contribution in [0.15, 0.2) is 18.2 Å². The lowest BCUT2D eigenvalue weighted by atomic mass is 9.65. The summed E-state index contributed by atoms with van der Waals surface area (Å²) in [6.45, 7) is 3.71. The molecule has 1 saturated heterocycles. The lowest BCUT2D eigenvalue weighted by molar-refractivity contribution is 0.0566. The number of methoxy groups -OCH3 is 1. The third-order valence-corrected chi connectivity index (χ3v) is 5.54. The second kappa shape index (κ2) is 6.09. The van der Waals surface area contributed by atoms with Crippen LogP contribution in [-0.2, 0) is 5.41 Å². The molecular formula is C18H27NO3. The summed E-state index contributed by atoms with van der Waals surface area (Å²) in [4.78, 5) is 2.41. The molecule has 4 heteroatoms. The lowest BCUT2D eigenvalue weighted by Gasteiger charge is -2.43. The van der Waals surface area contributed by atoms with Crippen molar-refractivity contribution in [2.75, 3.05) is 27.3 Å². The Morgan fingerprint density at radius 2 is 2.14 bits per heavy atom. The number of benzene rings is 1. The van der Waals surface area contributed by atoms with Gasteiger partial charge < -0.3 is 19.5 Å². The van der Waals surface area contributed by atoms with Crippen molar-refractivity contribution in [1.29, 1.82) is 0 Å². The normalized spacial score (nSPS) is 31.8. The van der Waals surface area contributed by atoms with Crippen molar-refractivity contribution in [3.63, 3.8) is 0 Å². The third kappa shape index (κ3) is 2.48. The topological polar surface area (TPSA) is 41.9 Å². The fraction of sp³-hybridized carbons (Fsp3) is 0.667. The highest BCUT2D eigenvalue weighted by molar-refractivity contribution is 5.46. The zero-order valence-electron chi connectivity index (χ0n) is 13.8. The van der Waals surface area contributed by atoms with E-state index in [0.29, 0.717) is 12.6 Å². The van der Waals surface area contributed by atoms with Crippen molar-refractivity contribution in [2.24, 2.45) is 0 Å². The highest BCUT2D eigenvalue weighted by atomic mass is 16.5. The van der Waals surface area contributed by atoms with Crippen LogP contribution in [0.25, 0.3) is 0 Å². The molecule has 3 atom stereocenters. The molecule has 0 radical (unpaired) electrons. The van der Waals surface area contributed by atoms with Gasteiger partial charge in [-0.25, -0.2) is 0 Å². The Balaban J connectivity index is 1.98. The first kappa shape index (κ1) is 15.6. The summed E-state index contributed by atoms with van der Waals surface area (Å²) in [5.41, 5.74) is 1.47. The van der Waals surface area contributed by atoms with E-state index in [4.69, 9.17) is 9.47 Å². The average molecular weight is 305 g/mol. The molecule has 0 unspecified atom stereocenters. The molecule has 1 N–H and O–H groups in total. The van der Waals surface area contributed by atoms with Gasteiger partial charge in [-0.3, -0.25) is 0 Å². The molecule has 3 rings (SSSR count). The molecule has 1 heterocycles. The van der Waals surface area contributed by atoms with Gasteiger partial charge in [-0.15, -0.1) is 0 Å². The van der Waals surface area contributed by atoms with Gasteiger partial charge in [0.1, 0.15) is 0 Å². The van der Waals surface area contributed by atoms with Gasteiger partial charge >= 0.3 is 0 Å². The number of hydrogen-bond acceptors (Lipinski definition) is 4. The summed E-state index contributed by atoms with van der Waals surface area (Å²) in [7, 11) is 3.87. The number of fused-ring (bicyclic) bond motifs is 1. The second-order valence-corrected chi connectivity index (χ2v) is 6.63. The highest BCUT2D eigenvalue weighted by Crippen LogP contribution is 2.49. The molecule has 0 amide bonds. The molecule has 1 saturated carbocycles. The average Bonchev–Trinajstić information content (AvgIpc) is 2.86. The molecule has 1 aromatic rings. The SMILES string of the molecule is CCOc1ccc([C@@]23CC[C@@H](O)C[C@@H]2N(C)CC3)cc1OC. The number of nitrogens with zero attached hydrogens (tertiary/aromatic N) is 1. The summed E-state index contributed by atoms with van der Waals surface area (Å²) in [6.07, 6.45) is 3.78. The summed E-state index contributed by atoms with van der Waals surface area (Å²) < 4.78 is 11.2. The molecule has 122 valence electrons. The van der Waals surface area contributed by atoms with E-state index < -0.39 is 0 Å². The molecule has 1 aromatic carbocycles. The van der Waals surface area contributed by atoms with Crippen molar-refractivity contribution in [3.05, 3.63) is 23.8 Å². The van der Waals surface area contributed by atoms with Crippen LogP contribution >= 0.6 is 0 Å². The Morgan fingerprint density at radius 3 is 2.86 bits per heavy atom. The van der Waals surface area contributed by atoms with Crippen LogP contribution in [0.1, 0.15) is 38.2 Å². The predicted octanol–water partition coefficient (Wildman–Crippen LogP) is 2.58. The summed E-state index contributed by atoms with van der Waals surface area (Å²) in [6, 6.07) is 6.79. The van der Waals surface area contributed by atoms with Gasteiger partial charge in [0.05, 0.1) is 19.8 Å². The maximum atomic E-state index is 10.1. The van der Waals surface area contributed by atoms with E-state index in [0.717, 1.165) is 43.7 Å². The van der Waals surface area contributed by atoms with Crippen molar-refractivity contribution < 1.29 is 14.6 Å². The molecule has 2 aliphatic rings. The monoisotopic (exact) mass is 305 g/mol. The Hall–Kier alpha value is -1.26. The number of likely N-dealkylation sites (N-methyl/N-ethyl adjacent to an activating group) is 1. The summed E-state index contributed by atoms with van der Waals surface area (Å²) in [5, 5.41) is 10.1. The van der Waals surface area contributed by atoms with E-state index in [2.05, 4.69) is 24.1 Å². The van der Waals surface area contributed by atoms with Crippen molar-refractivity contribution in [2.45, 2.75) is 50.2 Å². The minimum absolute atomic E-state index is 0.145. The van der Waals surface area contributed by atoms with Crippen molar-refractivity contribution >= 4 is 0 Å². The van der Waals surface area contributed by atoms with E-state index >= 15 is 0 Å². The maximum absolute atomic E-state index is 10.1. The number of ether oxygens (including phenoxy) is 2. The number of aliphatic hydroxyl groups excluding tert-OH is 1. The van der Waals surface area contributed by atoms with Gasteiger partial charge in [0.25, 0.3) is 0 Å². The fourth-order valence-corrected chi connectivity index (χ4v) is 4.35. The Morgan fingerprint density at radius 1 is 1.32 bits per heavy atom. The van der Waals surface area contributed by atoms with E-state index in [1.54, 1.807) is 7.11 Å². The zero-order valence-corrected chi connectivity index (χ0v) is 13.8. The minimum atomic E-state index is -0.164. The minimum Gasteiger partial charge on any atom is -0.493 e. The van der Waals surface area contributed by atoms with Crippen LogP contribution in [0.2, 0.25) is 0 Å². The second-order valence-electron chi connectivity index (χ2n) is 6.63. The van der Waals surface area contributed by atoms with Gasteiger partial charge in [0.2, 0.25) is 0 Å². The molecule has 0 bridgehead atoms. The standard InChI is InChI=1S/C18H27NO3/c1-4-22-15-6-5-13(11-16(15)21-3)18-8-7-14(20)12-17(18)19(2)10-9-18/h5-6,11,14,17,20H,4,7-10,12H2,1-3H3/t14-,17+,18+/m1/s1. The fourth-order valence-electron chi connectivity index (χ4n) is 4.35. The van der Waals surface area contributed by atoms with E-state index in [-0.39, 0.29) is 11.5 Å². The lowest BCUT2D eigenvalue weighted by Crippen LogP contribution is -2.47. The number of rotatable bonds is 4. The van der Waals surface area contributed by atoms with Gasteiger partial charge in [0, 0.05) is 11.5 Å². The van der Waals surface area contributed by atoms with Gasteiger partial charge in [0.15, 0.2) is 11.5 Å². The molecule has 22 heavy (non-hydrogen) atoms. The first-order valence-corrected chi connectivity index (χ1v) is 8.30. The molecule has 4 nitrogen and oxygen atoms in total. The molecular weight excluding hydrogens is 278 g/mol. The van der Waals surface area contributed by atoms with Crippen LogP contribution in [0.3, 0.4) is 0 Å². The van der Waals surface area contributed by atoms with Crippen LogP contribution in [-0.4, -0.2) is 49.5 Å². The maximum Gasteiger partial charge on any atom is 0.161 e. The largest absolute Gasteiger partial charge is 0.493 e. The number of hydrogen-bond donors (Lipinski definition) is 1. The van der Waals surface area contributed by atoms with E-state index in [1.807, 2.05) is 13.0 Å². The molecule has 0 aromatic heterocycles. The van der Waals surface area contributed by atoms with Crippen LogP contribution in [0, 0.1) is 0 Å². The van der Waals surface area contributed by atoms with E-state index in [1.165, 1.54) is 5.56 Å². The molecule has 1 aliphatic carbocycles. The third-order valence-electron chi connectivity index (χ3n) is 5.54. The Labute approximate surface area is 133 Å². The molecule has 1 aliphatic heterocycles. The van der Waals surface area contributed by atoms with Crippen LogP contribution in [0.4, 0.5) is 0 Å². The summed E-state index contributed by atoms with van der Waals surface area (Å²) >= 11 is 0. The van der Waals surface area contributed by atoms with E-state index in [9.17, 15) is 5.11 Å². The first-order chi connectivity index (χ1) is 10.6. The molecule has 0 spiro atoms. The number of likely N-dealkylation sites (tertiary alicyclic amines) is 1. The highest BCUT2D eigenvalue weighted by Gasteiger charge is 2.50. The quantitative estimate of drug-likeness (QED) is 0.928. The summed E-state index contributed by atoms with van der Waals surface area (Å²) in [5.74, 6) is 1.62. The Bertz CT molecular complexity index is 533. The molecule has 2 fully saturated rings. The van der Waals surface area contributed by atoms with Gasteiger partial charge in [-0.05, 0) is 63.9 Å². The first-order valence-electron chi connectivity index (χ1n) is 8.30. The van der Waals surface area contributed by atoms with Crippen molar-refractivity contribution in [1.82, 2.24) is 4.90 Å². The van der Waals surface area contributed by atoms with Crippen LogP contribution < -0.4 is 9.47 Å².